The molecule has 0 radical (unpaired) electrons. The Balaban J connectivity index is 2.65. The Morgan fingerprint density at radius 3 is 2.47 bits per heavy atom. The minimum Gasteiger partial charge on any atom is -0.450 e. The van der Waals surface area contributed by atoms with E-state index in [2.05, 4.69) is 10.6 Å². The summed E-state index contributed by atoms with van der Waals surface area (Å²) in [7, 11) is 0. The number of amides is 1. The average molecular weight is 252 g/mol. The van der Waals surface area contributed by atoms with Crippen molar-refractivity contribution in [3.8, 4) is 0 Å². The van der Waals surface area contributed by atoms with Crippen molar-refractivity contribution >= 4 is 29.1 Å². The van der Waals surface area contributed by atoms with E-state index < -0.39 is 6.09 Å². The molecular weight excluding hydrogens is 236 g/mol. The van der Waals surface area contributed by atoms with E-state index >= 15 is 0 Å². The van der Waals surface area contributed by atoms with Crippen LogP contribution in [-0.2, 0) is 4.74 Å². The first-order valence-corrected chi connectivity index (χ1v) is 5.76. The summed E-state index contributed by atoms with van der Waals surface area (Å²) < 4.78 is 4.73. The minimum absolute atomic E-state index is 0.237. The molecule has 4 nitrogen and oxygen atoms in total. The van der Waals surface area contributed by atoms with Crippen LogP contribution in [0, 0.1) is 13.8 Å². The molecule has 1 amide bonds. The molecule has 0 aliphatic carbocycles. The number of thiocarbonyl (C=S) groups is 1. The van der Waals surface area contributed by atoms with Crippen LogP contribution in [-0.4, -0.2) is 17.8 Å². The van der Waals surface area contributed by atoms with Crippen molar-refractivity contribution in [1.82, 2.24) is 5.32 Å². The average Bonchev–Trinajstić information content (AvgIpc) is 2.24. The van der Waals surface area contributed by atoms with Gasteiger partial charge >= 0.3 is 6.09 Å². The lowest BCUT2D eigenvalue weighted by molar-refractivity contribution is 0.158. The van der Waals surface area contributed by atoms with E-state index in [1.165, 1.54) is 0 Å². The fraction of sp³-hybridized carbons (Fsp3) is 0.333. The van der Waals surface area contributed by atoms with Crippen LogP contribution in [0.15, 0.2) is 18.2 Å². The number of ether oxygens (including phenoxy) is 1. The predicted molar refractivity (Wildman–Crippen MR) is 72.3 cm³/mol. The number of hydrogen-bond acceptors (Lipinski definition) is 3. The molecule has 0 saturated heterocycles. The van der Waals surface area contributed by atoms with Crippen LogP contribution in [0.25, 0.3) is 0 Å². The molecule has 0 fully saturated rings. The van der Waals surface area contributed by atoms with Gasteiger partial charge in [0.05, 0.1) is 6.61 Å². The molecule has 0 atom stereocenters. The maximum absolute atomic E-state index is 11.2. The molecule has 0 saturated carbocycles. The second kappa shape index (κ2) is 6.20. The monoisotopic (exact) mass is 252 g/mol. The molecule has 0 spiro atoms. The van der Waals surface area contributed by atoms with Gasteiger partial charge in [0.25, 0.3) is 0 Å². The highest BCUT2D eigenvalue weighted by molar-refractivity contribution is 7.80. The van der Waals surface area contributed by atoms with Gasteiger partial charge in [-0.1, -0.05) is 18.2 Å². The number of carbonyl (C=O) groups is 1. The Morgan fingerprint density at radius 2 is 1.94 bits per heavy atom. The number of alkyl carbamates (subject to hydrolysis) is 1. The van der Waals surface area contributed by atoms with Gasteiger partial charge in [0.2, 0.25) is 0 Å². The van der Waals surface area contributed by atoms with Crippen LogP contribution in [0.1, 0.15) is 18.1 Å². The summed E-state index contributed by atoms with van der Waals surface area (Å²) >= 11 is 5.02. The van der Waals surface area contributed by atoms with Gasteiger partial charge in [-0.2, -0.15) is 0 Å². The number of hydrogen-bond donors (Lipinski definition) is 2. The molecule has 0 bridgehead atoms. The Bertz CT molecular complexity index is 412. The van der Waals surface area contributed by atoms with E-state index in [9.17, 15) is 4.79 Å². The fourth-order valence-corrected chi connectivity index (χ4v) is 1.60. The Kier molecular flexibility index (Phi) is 4.90. The Hall–Kier alpha value is -1.62. The number of carbonyl (C=O) groups excluding carboxylic acids is 1. The molecule has 1 rings (SSSR count). The molecule has 0 aromatic heterocycles. The second-order valence-electron chi connectivity index (χ2n) is 3.57. The highest BCUT2D eigenvalue weighted by atomic mass is 32.1. The first-order chi connectivity index (χ1) is 8.04. The third-order valence-electron chi connectivity index (χ3n) is 2.21. The number of aryl methyl sites for hydroxylation is 2. The molecule has 92 valence electrons. The summed E-state index contributed by atoms with van der Waals surface area (Å²) in [6.45, 7) is 6.00. The number of nitrogens with one attached hydrogen (secondary N) is 2. The van der Waals surface area contributed by atoms with Crippen LogP contribution in [0.4, 0.5) is 10.5 Å². The molecule has 17 heavy (non-hydrogen) atoms. The van der Waals surface area contributed by atoms with E-state index in [0.29, 0.717) is 6.61 Å². The van der Waals surface area contributed by atoms with Crippen LogP contribution in [0.3, 0.4) is 0 Å². The van der Waals surface area contributed by atoms with Crippen molar-refractivity contribution < 1.29 is 9.53 Å². The molecule has 0 unspecified atom stereocenters. The molecule has 1 aromatic rings. The van der Waals surface area contributed by atoms with Crippen LogP contribution in [0.5, 0.6) is 0 Å². The highest BCUT2D eigenvalue weighted by Gasteiger charge is 2.07. The van der Waals surface area contributed by atoms with E-state index in [4.69, 9.17) is 17.0 Å². The van der Waals surface area contributed by atoms with Gasteiger partial charge in [-0.3, -0.25) is 5.32 Å². The maximum atomic E-state index is 11.2. The molecule has 1 aromatic carbocycles. The first kappa shape index (κ1) is 13.4. The zero-order valence-electron chi connectivity index (χ0n) is 10.2. The lowest BCUT2D eigenvalue weighted by atomic mass is 10.1. The molecule has 0 aliphatic rings. The minimum atomic E-state index is -0.545. The van der Waals surface area contributed by atoms with Crippen molar-refractivity contribution in [3.05, 3.63) is 29.3 Å². The number of benzene rings is 1. The van der Waals surface area contributed by atoms with Crippen LogP contribution in [0.2, 0.25) is 0 Å². The van der Waals surface area contributed by atoms with E-state index in [0.717, 1.165) is 16.8 Å². The summed E-state index contributed by atoms with van der Waals surface area (Å²) in [5.74, 6) is 0. The molecule has 0 aliphatic heterocycles. The third-order valence-corrected chi connectivity index (χ3v) is 2.41. The van der Waals surface area contributed by atoms with Crippen molar-refractivity contribution in [2.45, 2.75) is 20.8 Å². The van der Waals surface area contributed by atoms with Gasteiger partial charge in [0, 0.05) is 5.69 Å². The zero-order chi connectivity index (χ0) is 12.8. The summed E-state index contributed by atoms with van der Waals surface area (Å²) in [6.07, 6.45) is -0.545. The summed E-state index contributed by atoms with van der Waals surface area (Å²) in [5, 5.41) is 5.67. The smallest absolute Gasteiger partial charge is 0.413 e. The fourth-order valence-electron chi connectivity index (χ4n) is 1.42. The van der Waals surface area contributed by atoms with E-state index in [-0.39, 0.29) is 5.11 Å². The predicted octanol–water partition coefficient (Wildman–Crippen LogP) is 2.75. The van der Waals surface area contributed by atoms with Gasteiger partial charge < -0.3 is 10.1 Å². The second-order valence-corrected chi connectivity index (χ2v) is 3.97. The van der Waals surface area contributed by atoms with E-state index in [1.807, 2.05) is 32.0 Å². The SMILES string of the molecule is CCOC(=O)NC(=S)Nc1c(C)cccc1C. The normalized spacial score (nSPS) is 9.59. The summed E-state index contributed by atoms with van der Waals surface area (Å²) in [6, 6.07) is 5.92. The quantitative estimate of drug-likeness (QED) is 0.795. The lowest BCUT2D eigenvalue weighted by Gasteiger charge is -2.13. The van der Waals surface area contributed by atoms with Crippen molar-refractivity contribution in [3.63, 3.8) is 0 Å². The largest absolute Gasteiger partial charge is 0.450 e. The molecule has 0 heterocycles. The number of para-hydroxylation sites is 1. The number of rotatable bonds is 2. The van der Waals surface area contributed by atoms with E-state index in [1.54, 1.807) is 6.92 Å². The Labute approximate surface area is 106 Å². The van der Waals surface area contributed by atoms with Crippen LogP contribution >= 0.6 is 12.2 Å². The van der Waals surface area contributed by atoms with Gasteiger partial charge in [0.15, 0.2) is 5.11 Å². The molecule has 5 heteroatoms. The van der Waals surface area contributed by atoms with Gasteiger partial charge in [0.1, 0.15) is 0 Å². The summed E-state index contributed by atoms with van der Waals surface area (Å²) in [5.41, 5.74) is 3.05. The van der Waals surface area contributed by atoms with Crippen molar-refractivity contribution in [2.75, 3.05) is 11.9 Å². The van der Waals surface area contributed by atoms with Crippen molar-refractivity contribution in [2.24, 2.45) is 0 Å². The Morgan fingerprint density at radius 1 is 1.35 bits per heavy atom. The lowest BCUT2D eigenvalue weighted by Crippen LogP contribution is -2.34. The topological polar surface area (TPSA) is 50.4 Å². The third kappa shape index (κ3) is 4.03. The standard InChI is InChI=1S/C12H16N2O2S/c1-4-16-12(15)14-11(17)13-10-8(2)6-5-7-9(10)3/h5-7H,4H2,1-3H3,(H2,13,14,15,17). The first-order valence-electron chi connectivity index (χ1n) is 5.35. The van der Waals surface area contributed by atoms with Gasteiger partial charge in [-0.25, -0.2) is 4.79 Å². The maximum Gasteiger partial charge on any atom is 0.413 e. The number of anilines is 1. The highest BCUT2D eigenvalue weighted by Crippen LogP contribution is 2.18. The van der Waals surface area contributed by atoms with Crippen LogP contribution < -0.4 is 10.6 Å². The van der Waals surface area contributed by atoms with Gasteiger partial charge in [-0.15, -0.1) is 0 Å². The molecule has 2 N–H and O–H groups in total. The van der Waals surface area contributed by atoms with Crippen molar-refractivity contribution in [1.29, 1.82) is 0 Å². The zero-order valence-corrected chi connectivity index (χ0v) is 11.0. The molecular formula is C12H16N2O2S. The summed E-state index contributed by atoms with van der Waals surface area (Å²) in [4.78, 5) is 11.2. The van der Waals surface area contributed by atoms with Gasteiger partial charge in [-0.05, 0) is 44.1 Å².